The van der Waals surface area contributed by atoms with Gasteiger partial charge in [-0.05, 0) is 44.9 Å². The van der Waals surface area contributed by atoms with Crippen LogP contribution in [0.1, 0.15) is 43.1 Å². The van der Waals surface area contributed by atoms with Gasteiger partial charge in [0, 0.05) is 6.54 Å². The van der Waals surface area contributed by atoms with E-state index in [9.17, 15) is 9.18 Å². The predicted octanol–water partition coefficient (Wildman–Crippen LogP) is 3.82. The Hall–Kier alpha value is -1.13. The maximum Gasteiger partial charge on any atom is 0.255 e. The van der Waals surface area contributed by atoms with Crippen molar-refractivity contribution in [2.24, 2.45) is 0 Å². The first-order chi connectivity index (χ1) is 9.75. The van der Waals surface area contributed by atoms with Crippen LogP contribution in [0.3, 0.4) is 0 Å². The lowest BCUT2D eigenvalue weighted by molar-refractivity contribution is -0.102. The zero-order valence-electron chi connectivity index (χ0n) is 12.9. The van der Waals surface area contributed by atoms with Crippen LogP contribution in [0.2, 0.25) is 5.02 Å². The van der Waals surface area contributed by atoms with E-state index in [2.05, 4.69) is 0 Å². The Bertz CT molecular complexity index is 559. The molecule has 1 aliphatic rings. The van der Waals surface area contributed by atoms with Gasteiger partial charge in [0.15, 0.2) is 0 Å². The summed E-state index contributed by atoms with van der Waals surface area (Å²) in [6.45, 7) is 8.56. The molecule has 1 atom stereocenters. The van der Waals surface area contributed by atoms with Crippen molar-refractivity contribution in [3.63, 3.8) is 0 Å². The average molecular weight is 314 g/mol. The summed E-state index contributed by atoms with van der Waals surface area (Å²) in [6.07, 6.45) is 0.805. The van der Waals surface area contributed by atoms with Crippen molar-refractivity contribution in [2.75, 3.05) is 13.2 Å². The maximum atomic E-state index is 13.5. The number of halogens is 2. The van der Waals surface area contributed by atoms with Crippen LogP contribution in [0.5, 0.6) is 0 Å². The van der Waals surface area contributed by atoms with Gasteiger partial charge in [-0.15, -0.1) is 0 Å². The second kappa shape index (κ2) is 5.93. The lowest BCUT2D eigenvalue weighted by Crippen LogP contribution is -2.56. The second-order valence-electron chi connectivity index (χ2n) is 6.15. The monoisotopic (exact) mass is 313 g/mol. The summed E-state index contributed by atoms with van der Waals surface area (Å²) in [6, 6.07) is 2.75. The fourth-order valence-corrected chi connectivity index (χ4v) is 2.78. The SMILES string of the molecule is CCC1COC(C)(C)CN1C(=O)c1cc(C)c(F)cc1Cl. The van der Waals surface area contributed by atoms with Gasteiger partial charge in [0.2, 0.25) is 0 Å². The van der Waals surface area contributed by atoms with Gasteiger partial charge in [-0.3, -0.25) is 4.79 Å². The van der Waals surface area contributed by atoms with Gasteiger partial charge in [-0.1, -0.05) is 18.5 Å². The van der Waals surface area contributed by atoms with Gasteiger partial charge in [0.25, 0.3) is 5.91 Å². The Morgan fingerprint density at radius 1 is 1.52 bits per heavy atom. The number of hydrogen-bond acceptors (Lipinski definition) is 2. The average Bonchev–Trinajstić information content (AvgIpc) is 2.41. The summed E-state index contributed by atoms with van der Waals surface area (Å²) >= 11 is 6.06. The Kier molecular flexibility index (Phi) is 4.59. The first-order valence-electron chi connectivity index (χ1n) is 7.15. The zero-order chi connectivity index (χ0) is 15.8. The molecule has 1 saturated heterocycles. The van der Waals surface area contributed by atoms with Crippen LogP contribution in [0.4, 0.5) is 4.39 Å². The molecule has 1 heterocycles. The van der Waals surface area contributed by atoms with E-state index in [1.807, 2.05) is 20.8 Å². The molecule has 21 heavy (non-hydrogen) atoms. The van der Waals surface area contributed by atoms with Crippen molar-refractivity contribution in [2.45, 2.75) is 45.8 Å². The van der Waals surface area contributed by atoms with Crippen LogP contribution in [-0.4, -0.2) is 35.6 Å². The van der Waals surface area contributed by atoms with E-state index in [1.54, 1.807) is 11.8 Å². The molecule has 1 amide bonds. The molecule has 0 saturated carbocycles. The summed E-state index contributed by atoms with van der Waals surface area (Å²) in [5.41, 5.74) is 0.387. The number of aryl methyl sites for hydroxylation is 1. The number of hydrogen-bond donors (Lipinski definition) is 0. The highest BCUT2D eigenvalue weighted by atomic mass is 35.5. The van der Waals surface area contributed by atoms with E-state index in [0.717, 1.165) is 6.42 Å². The number of amides is 1. The Labute approximate surface area is 130 Å². The highest BCUT2D eigenvalue weighted by molar-refractivity contribution is 6.33. The van der Waals surface area contributed by atoms with Crippen molar-refractivity contribution in [1.29, 1.82) is 0 Å². The first-order valence-corrected chi connectivity index (χ1v) is 7.53. The van der Waals surface area contributed by atoms with Crippen molar-refractivity contribution >= 4 is 17.5 Å². The van der Waals surface area contributed by atoms with E-state index in [-0.39, 0.29) is 22.6 Å². The lowest BCUT2D eigenvalue weighted by Gasteiger charge is -2.43. The van der Waals surface area contributed by atoms with Gasteiger partial charge >= 0.3 is 0 Å². The number of rotatable bonds is 2. The molecule has 0 bridgehead atoms. The minimum absolute atomic E-state index is 0.0203. The Morgan fingerprint density at radius 3 is 2.81 bits per heavy atom. The van der Waals surface area contributed by atoms with Gasteiger partial charge in [0.1, 0.15) is 5.82 Å². The molecular weight excluding hydrogens is 293 g/mol. The zero-order valence-corrected chi connectivity index (χ0v) is 13.6. The topological polar surface area (TPSA) is 29.5 Å². The van der Waals surface area contributed by atoms with Gasteiger partial charge in [0.05, 0.1) is 28.8 Å². The van der Waals surface area contributed by atoms with Crippen LogP contribution in [0.25, 0.3) is 0 Å². The highest BCUT2D eigenvalue weighted by Gasteiger charge is 2.36. The van der Waals surface area contributed by atoms with E-state index in [1.165, 1.54) is 12.1 Å². The molecule has 1 aromatic rings. The molecule has 0 aromatic heterocycles. The molecule has 0 aliphatic carbocycles. The van der Waals surface area contributed by atoms with Gasteiger partial charge in [-0.2, -0.15) is 0 Å². The molecule has 0 radical (unpaired) electrons. The van der Waals surface area contributed by atoms with Crippen molar-refractivity contribution in [1.82, 2.24) is 4.90 Å². The van der Waals surface area contributed by atoms with Crippen LogP contribution in [0, 0.1) is 12.7 Å². The number of benzene rings is 1. The number of nitrogens with zero attached hydrogens (tertiary/aromatic N) is 1. The molecule has 2 rings (SSSR count). The number of carbonyl (C=O) groups excluding carboxylic acids is 1. The number of ether oxygens (including phenoxy) is 1. The molecule has 1 aromatic carbocycles. The highest BCUT2D eigenvalue weighted by Crippen LogP contribution is 2.27. The molecule has 5 heteroatoms. The minimum atomic E-state index is -0.397. The molecule has 0 spiro atoms. The third kappa shape index (κ3) is 3.38. The van der Waals surface area contributed by atoms with Crippen LogP contribution < -0.4 is 0 Å². The molecular formula is C16H21ClFNO2. The fraction of sp³-hybridized carbons (Fsp3) is 0.562. The largest absolute Gasteiger partial charge is 0.372 e. The first kappa shape index (κ1) is 16.2. The molecule has 1 fully saturated rings. The van der Waals surface area contributed by atoms with Gasteiger partial charge in [-0.25, -0.2) is 4.39 Å². The van der Waals surface area contributed by atoms with Crippen molar-refractivity contribution < 1.29 is 13.9 Å². The minimum Gasteiger partial charge on any atom is -0.372 e. The molecule has 3 nitrogen and oxygen atoms in total. The fourth-order valence-electron chi connectivity index (χ4n) is 2.55. The van der Waals surface area contributed by atoms with E-state index >= 15 is 0 Å². The number of carbonyl (C=O) groups is 1. The van der Waals surface area contributed by atoms with Crippen LogP contribution in [-0.2, 0) is 4.74 Å². The van der Waals surface area contributed by atoms with Crippen molar-refractivity contribution in [3.05, 3.63) is 34.1 Å². The molecule has 116 valence electrons. The van der Waals surface area contributed by atoms with Crippen LogP contribution >= 0.6 is 11.6 Å². The predicted molar refractivity (Wildman–Crippen MR) is 81.3 cm³/mol. The third-order valence-electron chi connectivity index (χ3n) is 3.87. The van der Waals surface area contributed by atoms with E-state index < -0.39 is 5.82 Å². The van der Waals surface area contributed by atoms with E-state index in [4.69, 9.17) is 16.3 Å². The van der Waals surface area contributed by atoms with E-state index in [0.29, 0.717) is 24.3 Å². The summed E-state index contributed by atoms with van der Waals surface area (Å²) in [5.74, 6) is -0.558. The summed E-state index contributed by atoms with van der Waals surface area (Å²) in [4.78, 5) is 14.6. The van der Waals surface area contributed by atoms with Crippen molar-refractivity contribution in [3.8, 4) is 0 Å². The number of morpholine rings is 1. The molecule has 1 unspecified atom stereocenters. The van der Waals surface area contributed by atoms with Gasteiger partial charge < -0.3 is 9.64 Å². The smallest absolute Gasteiger partial charge is 0.255 e. The standard InChI is InChI=1S/C16H21ClFNO2/c1-5-11-8-21-16(3,4)9-19(11)15(20)12-6-10(2)14(18)7-13(12)17/h6-7,11H,5,8-9H2,1-4H3. The normalized spacial score (nSPS) is 21.4. The summed E-state index contributed by atoms with van der Waals surface area (Å²) in [5, 5.41) is 0.155. The molecule has 1 aliphatic heterocycles. The Balaban J connectivity index is 2.35. The summed E-state index contributed by atoms with van der Waals surface area (Å²) in [7, 11) is 0. The third-order valence-corrected chi connectivity index (χ3v) is 4.18. The maximum absolute atomic E-state index is 13.5. The van der Waals surface area contributed by atoms with Crippen LogP contribution in [0.15, 0.2) is 12.1 Å². The quantitative estimate of drug-likeness (QED) is 0.830. The summed E-state index contributed by atoms with van der Waals surface area (Å²) < 4.78 is 19.3. The second-order valence-corrected chi connectivity index (χ2v) is 6.55. The molecule has 0 N–H and O–H groups in total. The Morgan fingerprint density at radius 2 is 2.19 bits per heavy atom. The lowest BCUT2D eigenvalue weighted by atomic mass is 10.0.